The number of hydrogen-bond donors (Lipinski definition) is 3. The molecule has 1 aromatic carbocycles. The number of benzene rings is 1. The maximum absolute atomic E-state index is 13.8. The highest BCUT2D eigenvalue weighted by Crippen LogP contribution is 2.37. The quantitative estimate of drug-likeness (QED) is 0.340. The highest BCUT2D eigenvalue weighted by molar-refractivity contribution is 5.96. The molecule has 3 rings (SSSR count). The first-order valence-electron chi connectivity index (χ1n) is 13.5. The summed E-state index contributed by atoms with van der Waals surface area (Å²) >= 11 is 0. The lowest BCUT2D eigenvalue weighted by Gasteiger charge is -2.33. The number of nitrogens with zero attached hydrogens (tertiary/aromatic N) is 1. The van der Waals surface area contributed by atoms with Gasteiger partial charge in [0.25, 0.3) is 0 Å². The van der Waals surface area contributed by atoms with Gasteiger partial charge in [0, 0.05) is 19.0 Å². The van der Waals surface area contributed by atoms with Crippen molar-refractivity contribution in [2.75, 3.05) is 5.32 Å². The lowest BCUT2D eigenvalue weighted by molar-refractivity contribution is -0.121. The summed E-state index contributed by atoms with van der Waals surface area (Å²) in [6.45, 7) is 7.19. The van der Waals surface area contributed by atoms with Crippen LogP contribution in [0.5, 0.6) is 0 Å². The Balaban J connectivity index is 1.71. The topological polar surface area (TPSA) is 119 Å². The Morgan fingerprint density at radius 1 is 1.05 bits per heavy atom. The number of ether oxygens (including phenoxy) is 2. The predicted octanol–water partition coefficient (Wildman–Crippen LogP) is 6.12. The van der Waals surface area contributed by atoms with E-state index < -0.39 is 47.6 Å². The SMILES string of the molecule is CCC(NC(=O)OC(C)(C)C)c1ccnc(NC(=O)C(NC(=O)OCc2ccccc2)C2CCC(F)(F)CC2)c1. The van der Waals surface area contributed by atoms with E-state index in [0.29, 0.717) is 12.0 Å². The summed E-state index contributed by atoms with van der Waals surface area (Å²) in [6, 6.07) is 10.8. The van der Waals surface area contributed by atoms with Crippen molar-refractivity contribution in [3.8, 4) is 0 Å². The van der Waals surface area contributed by atoms with E-state index in [2.05, 4.69) is 20.9 Å². The largest absolute Gasteiger partial charge is 0.445 e. The highest BCUT2D eigenvalue weighted by atomic mass is 19.3. The van der Waals surface area contributed by atoms with Crippen LogP contribution in [0.4, 0.5) is 24.2 Å². The Morgan fingerprint density at radius 3 is 2.35 bits per heavy atom. The molecule has 1 saturated carbocycles. The van der Waals surface area contributed by atoms with Gasteiger partial charge in [-0.05, 0) is 69.2 Å². The number of amides is 3. The van der Waals surface area contributed by atoms with Crippen molar-refractivity contribution in [2.45, 2.75) is 90.0 Å². The Kier molecular flexibility index (Phi) is 10.4. The zero-order valence-electron chi connectivity index (χ0n) is 23.3. The lowest BCUT2D eigenvalue weighted by Crippen LogP contribution is -2.50. The monoisotopic (exact) mass is 560 g/mol. The van der Waals surface area contributed by atoms with Crippen LogP contribution < -0.4 is 16.0 Å². The molecule has 1 fully saturated rings. The zero-order chi connectivity index (χ0) is 29.3. The summed E-state index contributed by atoms with van der Waals surface area (Å²) < 4.78 is 38.3. The molecular weight excluding hydrogens is 522 g/mol. The first-order chi connectivity index (χ1) is 18.8. The minimum absolute atomic E-state index is 0.00357. The summed E-state index contributed by atoms with van der Waals surface area (Å²) in [5, 5.41) is 8.09. The fourth-order valence-electron chi connectivity index (χ4n) is 4.49. The average molecular weight is 561 g/mol. The number of rotatable bonds is 9. The molecule has 0 saturated heterocycles. The molecule has 2 aromatic rings. The summed E-state index contributed by atoms with van der Waals surface area (Å²) in [7, 11) is 0. The first kappa shape index (κ1) is 30.8. The molecule has 9 nitrogen and oxygen atoms in total. The average Bonchev–Trinajstić information content (AvgIpc) is 2.89. The molecule has 3 amide bonds. The molecule has 3 N–H and O–H groups in total. The number of pyridine rings is 1. The molecule has 0 aliphatic heterocycles. The van der Waals surface area contributed by atoms with E-state index in [1.165, 1.54) is 6.20 Å². The second-order valence-corrected chi connectivity index (χ2v) is 10.9. The van der Waals surface area contributed by atoms with Crippen LogP contribution in [0.2, 0.25) is 0 Å². The number of halogens is 2. The number of anilines is 1. The van der Waals surface area contributed by atoms with E-state index in [-0.39, 0.29) is 38.1 Å². The zero-order valence-corrected chi connectivity index (χ0v) is 23.3. The summed E-state index contributed by atoms with van der Waals surface area (Å²) in [5.41, 5.74) is 0.790. The number of hydrogen-bond acceptors (Lipinski definition) is 6. The fourth-order valence-corrected chi connectivity index (χ4v) is 4.49. The molecule has 1 heterocycles. The van der Waals surface area contributed by atoms with Gasteiger partial charge in [0.05, 0.1) is 6.04 Å². The molecule has 1 aliphatic rings. The van der Waals surface area contributed by atoms with Crippen molar-refractivity contribution in [3.05, 3.63) is 59.8 Å². The number of nitrogens with one attached hydrogen (secondary N) is 3. The predicted molar refractivity (Wildman–Crippen MR) is 146 cm³/mol. The van der Waals surface area contributed by atoms with Crippen LogP contribution in [0.25, 0.3) is 0 Å². The van der Waals surface area contributed by atoms with E-state index in [1.54, 1.807) is 45.0 Å². The van der Waals surface area contributed by atoms with Gasteiger partial charge >= 0.3 is 12.2 Å². The van der Waals surface area contributed by atoms with Gasteiger partial charge in [-0.1, -0.05) is 37.3 Å². The molecule has 1 aliphatic carbocycles. The maximum atomic E-state index is 13.8. The molecule has 2 atom stereocenters. The molecular formula is C29H38F2N4O5. The summed E-state index contributed by atoms with van der Waals surface area (Å²) in [4.78, 5) is 42.5. The summed E-state index contributed by atoms with van der Waals surface area (Å²) in [6.07, 6.45) is 0.0241. The third kappa shape index (κ3) is 9.77. The van der Waals surface area contributed by atoms with Gasteiger partial charge < -0.3 is 25.4 Å². The van der Waals surface area contributed by atoms with Crippen molar-refractivity contribution in [1.82, 2.24) is 15.6 Å². The highest BCUT2D eigenvalue weighted by Gasteiger charge is 2.40. The van der Waals surface area contributed by atoms with E-state index in [0.717, 1.165) is 5.56 Å². The van der Waals surface area contributed by atoms with Crippen LogP contribution in [0, 0.1) is 5.92 Å². The fraction of sp³-hybridized carbons (Fsp3) is 0.517. The minimum Gasteiger partial charge on any atom is -0.445 e. The second-order valence-electron chi connectivity index (χ2n) is 10.9. The van der Waals surface area contributed by atoms with E-state index in [1.807, 2.05) is 25.1 Å². The Bertz CT molecular complexity index is 1150. The van der Waals surface area contributed by atoms with Crippen molar-refractivity contribution in [2.24, 2.45) is 5.92 Å². The van der Waals surface area contributed by atoms with Crippen LogP contribution in [0.1, 0.15) is 77.0 Å². The van der Waals surface area contributed by atoms with Crippen molar-refractivity contribution in [3.63, 3.8) is 0 Å². The second kappa shape index (κ2) is 13.5. The van der Waals surface area contributed by atoms with E-state index >= 15 is 0 Å². The Morgan fingerprint density at radius 2 is 1.73 bits per heavy atom. The van der Waals surface area contributed by atoms with Gasteiger partial charge in [0.1, 0.15) is 24.1 Å². The van der Waals surface area contributed by atoms with Gasteiger partial charge in [-0.15, -0.1) is 0 Å². The first-order valence-corrected chi connectivity index (χ1v) is 13.5. The van der Waals surface area contributed by atoms with Crippen molar-refractivity contribution >= 4 is 23.9 Å². The third-order valence-electron chi connectivity index (χ3n) is 6.54. The molecule has 218 valence electrons. The minimum atomic E-state index is -2.79. The Labute approximate surface area is 233 Å². The van der Waals surface area contributed by atoms with E-state index in [4.69, 9.17) is 9.47 Å². The van der Waals surface area contributed by atoms with Crippen LogP contribution in [-0.2, 0) is 20.9 Å². The molecule has 0 spiro atoms. The molecule has 0 radical (unpaired) electrons. The van der Waals surface area contributed by atoms with Gasteiger partial charge in [0.15, 0.2) is 0 Å². The molecule has 2 unspecified atom stereocenters. The number of alkyl halides is 2. The van der Waals surface area contributed by atoms with Crippen LogP contribution >= 0.6 is 0 Å². The molecule has 40 heavy (non-hydrogen) atoms. The van der Waals surface area contributed by atoms with Gasteiger partial charge in [-0.2, -0.15) is 0 Å². The molecule has 1 aromatic heterocycles. The number of carbonyl (C=O) groups excluding carboxylic acids is 3. The molecule has 11 heteroatoms. The summed E-state index contributed by atoms with van der Waals surface area (Å²) in [5.74, 6) is -3.70. The Hall–Kier alpha value is -3.76. The smallest absolute Gasteiger partial charge is 0.408 e. The van der Waals surface area contributed by atoms with Gasteiger partial charge in [-0.3, -0.25) is 4.79 Å². The number of aromatic nitrogens is 1. The molecule has 0 bridgehead atoms. The van der Waals surface area contributed by atoms with Crippen LogP contribution in [0.15, 0.2) is 48.7 Å². The van der Waals surface area contributed by atoms with E-state index in [9.17, 15) is 23.2 Å². The van der Waals surface area contributed by atoms with Crippen LogP contribution in [0.3, 0.4) is 0 Å². The normalized spacial score (nSPS) is 16.8. The van der Waals surface area contributed by atoms with Crippen LogP contribution in [-0.4, -0.2) is 40.6 Å². The van der Waals surface area contributed by atoms with Crippen molar-refractivity contribution in [1.29, 1.82) is 0 Å². The lowest BCUT2D eigenvalue weighted by atomic mass is 9.81. The number of alkyl carbamates (subject to hydrolysis) is 2. The third-order valence-corrected chi connectivity index (χ3v) is 6.54. The van der Waals surface area contributed by atoms with Gasteiger partial charge in [-0.25, -0.2) is 23.4 Å². The number of carbonyl (C=O) groups is 3. The standard InChI is InChI=1S/C29H38F2N4O5/c1-5-22(33-27(38)40-28(2,3)4)21-13-16-32-23(17-21)34-25(36)24(20-11-14-29(30,31)15-12-20)35-26(37)39-18-19-9-7-6-8-10-19/h6-10,13,16-17,20,22,24H,5,11-12,14-15,18H2,1-4H3,(H,33,38)(H,35,37)(H,32,34,36). The maximum Gasteiger partial charge on any atom is 0.408 e. The van der Waals surface area contributed by atoms with Gasteiger partial charge in [0.2, 0.25) is 11.8 Å². The van der Waals surface area contributed by atoms with Crippen molar-refractivity contribution < 1.29 is 32.6 Å².